The highest BCUT2D eigenvalue weighted by Crippen LogP contribution is 2.22. The molecule has 0 aliphatic heterocycles. The summed E-state index contributed by atoms with van der Waals surface area (Å²) in [5.41, 5.74) is 2.58. The van der Waals surface area contributed by atoms with E-state index < -0.39 is 0 Å². The third-order valence-corrected chi connectivity index (χ3v) is 5.06. The highest BCUT2D eigenvalue weighted by Gasteiger charge is 2.10. The predicted octanol–water partition coefficient (Wildman–Crippen LogP) is 4.62. The number of hydrogen-bond acceptors (Lipinski definition) is 4. The first-order valence-corrected chi connectivity index (χ1v) is 9.46. The lowest BCUT2D eigenvalue weighted by Crippen LogP contribution is -2.32. The number of rotatable bonds is 6. The molecule has 3 N–H and O–H groups in total. The van der Waals surface area contributed by atoms with E-state index >= 15 is 0 Å². The van der Waals surface area contributed by atoms with Crippen LogP contribution in [0.3, 0.4) is 0 Å². The zero-order valence-electron chi connectivity index (χ0n) is 13.7. The van der Waals surface area contributed by atoms with Gasteiger partial charge >= 0.3 is 0 Å². The highest BCUT2D eigenvalue weighted by atomic mass is 79.9. The zero-order valence-corrected chi connectivity index (χ0v) is 16.1. The Labute approximate surface area is 163 Å². The molecule has 0 unspecified atom stereocenters. The number of carbonyl (C=O) groups excluding carboxylic acids is 2. The lowest BCUT2D eigenvalue weighted by molar-refractivity contribution is -0.115. The minimum Gasteiger partial charge on any atom is -0.356 e. The van der Waals surface area contributed by atoms with Crippen LogP contribution in [0.15, 0.2) is 70.5 Å². The van der Waals surface area contributed by atoms with Crippen LogP contribution in [0.2, 0.25) is 0 Å². The highest BCUT2D eigenvalue weighted by molar-refractivity contribution is 9.11. The first-order chi connectivity index (χ1) is 12.6. The third kappa shape index (κ3) is 5.18. The maximum atomic E-state index is 12.0. The fraction of sp³-hybridized carbons (Fsp3) is 0.0526. The van der Waals surface area contributed by atoms with Gasteiger partial charge in [0.1, 0.15) is 0 Å². The van der Waals surface area contributed by atoms with Crippen LogP contribution >= 0.6 is 27.3 Å². The van der Waals surface area contributed by atoms with E-state index in [2.05, 4.69) is 31.9 Å². The fourth-order valence-electron chi connectivity index (χ4n) is 2.21. The van der Waals surface area contributed by atoms with E-state index in [1.165, 1.54) is 11.3 Å². The Morgan fingerprint density at radius 2 is 1.50 bits per heavy atom. The van der Waals surface area contributed by atoms with Crippen LogP contribution in [-0.2, 0) is 4.79 Å². The van der Waals surface area contributed by atoms with Gasteiger partial charge in [0.2, 0.25) is 5.91 Å². The average molecular weight is 430 g/mol. The van der Waals surface area contributed by atoms with Gasteiger partial charge in [-0.3, -0.25) is 9.59 Å². The van der Waals surface area contributed by atoms with Crippen LogP contribution in [0.25, 0.3) is 0 Å². The molecule has 5 nitrogen and oxygen atoms in total. The number of halogens is 1. The predicted molar refractivity (Wildman–Crippen MR) is 109 cm³/mol. The molecule has 0 atom stereocenters. The number of thiophene rings is 1. The first-order valence-electron chi connectivity index (χ1n) is 7.86. The molecule has 2 amide bonds. The summed E-state index contributed by atoms with van der Waals surface area (Å²) in [5.74, 6) is -0.545. The zero-order chi connectivity index (χ0) is 18.4. The topological polar surface area (TPSA) is 70.2 Å². The Balaban J connectivity index is 1.49. The molecule has 0 bridgehead atoms. The van der Waals surface area contributed by atoms with Crippen LogP contribution < -0.4 is 16.0 Å². The van der Waals surface area contributed by atoms with Crippen molar-refractivity contribution in [2.24, 2.45) is 0 Å². The molecular weight excluding hydrogens is 414 g/mol. The second kappa shape index (κ2) is 8.64. The van der Waals surface area contributed by atoms with Crippen molar-refractivity contribution in [1.82, 2.24) is 5.32 Å². The minimum absolute atomic E-state index is 0.0850. The van der Waals surface area contributed by atoms with E-state index in [4.69, 9.17) is 0 Å². The van der Waals surface area contributed by atoms with Crippen molar-refractivity contribution >= 4 is 56.1 Å². The van der Waals surface area contributed by atoms with E-state index in [1.807, 2.05) is 42.5 Å². The van der Waals surface area contributed by atoms with Gasteiger partial charge in [-0.25, -0.2) is 0 Å². The lowest BCUT2D eigenvalue weighted by Gasteiger charge is -2.09. The van der Waals surface area contributed by atoms with E-state index in [0.29, 0.717) is 10.6 Å². The summed E-state index contributed by atoms with van der Waals surface area (Å²) in [6.07, 6.45) is 0. The molecule has 132 valence electrons. The van der Waals surface area contributed by atoms with Crippen molar-refractivity contribution in [2.75, 3.05) is 17.2 Å². The third-order valence-electron chi connectivity index (χ3n) is 3.44. The van der Waals surface area contributed by atoms with Gasteiger partial charge in [0.25, 0.3) is 5.91 Å². The molecule has 0 aliphatic rings. The van der Waals surface area contributed by atoms with Crippen LogP contribution in [0, 0.1) is 0 Å². The molecule has 3 rings (SSSR count). The normalized spacial score (nSPS) is 10.2. The molecule has 0 saturated heterocycles. The molecule has 1 heterocycles. The molecule has 0 fully saturated rings. The second-order valence-electron chi connectivity index (χ2n) is 5.40. The second-order valence-corrected chi connectivity index (χ2v) is 7.87. The lowest BCUT2D eigenvalue weighted by atomic mass is 10.2. The van der Waals surface area contributed by atoms with Crippen LogP contribution in [0.5, 0.6) is 0 Å². The molecule has 3 aromatic rings. The Hall–Kier alpha value is -2.64. The van der Waals surface area contributed by atoms with Crippen molar-refractivity contribution in [2.45, 2.75) is 0 Å². The standard InChI is InChI=1S/C19H16BrN3O2S/c20-17-11-10-16(26-17)19(25)21-12-18(24)23-15-8-6-14(7-9-15)22-13-4-2-1-3-5-13/h1-11,22H,12H2,(H,21,25)(H,23,24). The van der Waals surface area contributed by atoms with E-state index in [1.54, 1.807) is 24.3 Å². The maximum absolute atomic E-state index is 12.0. The Kier molecular flexibility index (Phi) is 6.04. The molecule has 0 spiro atoms. The van der Waals surface area contributed by atoms with Crippen molar-refractivity contribution in [1.29, 1.82) is 0 Å². The smallest absolute Gasteiger partial charge is 0.261 e. The SMILES string of the molecule is O=C(CNC(=O)c1ccc(Br)s1)Nc1ccc(Nc2ccccc2)cc1. The van der Waals surface area contributed by atoms with Crippen LogP contribution in [0.1, 0.15) is 9.67 Å². The summed E-state index contributed by atoms with van der Waals surface area (Å²) in [4.78, 5) is 24.5. The van der Waals surface area contributed by atoms with E-state index in [9.17, 15) is 9.59 Å². The summed E-state index contributed by atoms with van der Waals surface area (Å²) in [5, 5.41) is 8.63. The van der Waals surface area contributed by atoms with Gasteiger partial charge in [0.15, 0.2) is 0 Å². The number of amides is 2. The molecule has 0 saturated carbocycles. The summed E-state index contributed by atoms with van der Waals surface area (Å²) in [7, 11) is 0. The Bertz CT molecular complexity index is 895. The molecule has 26 heavy (non-hydrogen) atoms. The quantitative estimate of drug-likeness (QED) is 0.535. The van der Waals surface area contributed by atoms with Gasteiger partial charge < -0.3 is 16.0 Å². The summed E-state index contributed by atoms with van der Waals surface area (Å²) in [6, 6.07) is 20.7. The largest absolute Gasteiger partial charge is 0.356 e. The molecule has 0 aliphatic carbocycles. The summed E-state index contributed by atoms with van der Waals surface area (Å²) >= 11 is 4.63. The fourth-order valence-corrected chi connectivity index (χ4v) is 3.52. The van der Waals surface area contributed by atoms with Gasteiger partial charge in [0.05, 0.1) is 15.2 Å². The number of carbonyl (C=O) groups is 2. The van der Waals surface area contributed by atoms with E-state index in [0.717, 1.165) is 15.2 Å². The maximum Gasteiger partial charge on any atom is 0.261 e. The minimum atomic E-state index is -0.280. The number of anilines is 3. The van der Waals surface area contributed by atoms with Gasteiger partial charge in [-0.1, -0.05) is 18.2 Å². The average Bonchev–Trinajstić information content (AvgIpc) is 3.09. The number of hydrogen-bond donors (Lipinski definition) is 3. The van der Waals surface area contributed by atoms with Crippen molar-refractivity contribution < 1.29 is 9.59 Å². The van der Waals surface area contributed by atoms with Gasteiger partial charge in [-0.05, 0) is 64.5 Å². The Morgan fingerprint density at radius 3 is 2.15 bits per heavy atom. The molecule has 2 aromatic carbocycles. The molecular formula is C19H16BrN3O2S. The first kappa shape index (κ1) is 18.2. The van der Waals surface area contributed by atoms with Gasteiger partial charge in [-0.15, -0.1) is 11.3 Å². The molecule has 1 aromatic heterocycles. The molecule has 7 heteroatoms. The van der Waals surface area contributed by atoms with Crippen molar-refractivity contribution in [3.8, 4) is 0 Å². The van der Waals surface area contributed by atoms with Crippen LogP contribution in [-0.4, -0.2) is 18.4 Å². The Morgan fingerprint density at radius 1 is 0.846 bits per heavy atom. The van der Waals surface area contributed by atoms with Crippen molar-refractivity contribution in [3.63, 3.8) is 0 Å². The number of nitrogens with one attached hydrogen (secondary N) is 3. The van der Waals surface area contributed by atoms with Gasteiger partial charge in [-0.2, -0.15) is 0 Å². The monoisotopic (exact) mass is 429 g/mol. The van der Waals surface area contributed by atoms with Gasteiger partial charge in [0, 0.05) is 17.1 Å². The summed E-state index contributed by atoms with van der Waals surface area (Å²) in [6.45, 7) is -0.0850. The van der Waals surface area contributed by atoms with Crippen molar-refractivity contribution in [3.05, 3.63) is 75.4 Å². The molecule has 0 radical (unpaired) electrons. The number of para-hydroxylation sites is 1. The summed E-state index contributed by atoms with van der Waals surface area (Å²) < 4.78 is 0.872. The van der Waals surface area contributed by atoms with Crippen LogP contribution in [0.4, 0.5) is 17.1 Å². The number of benzene rings is 2. The van der Waals surface area contributed by atoms with E-state index in [-0.39, 0.29) is 18.4 Å².